The minimum atomic E-state index is -1.20. The fourth-order valence-electron chi connectivity index (χ4n) is 7.22. The maximum Gasteiger partial charge on any atom is 0.308 e. The monoisotopic (exact) mass is 897 g/mol. The van der Waals surface area contributed by atoms with E-state index in [4.69, 9.17) is 29.4 Å². The van der Waals surface area contributed by atoms with Crippen LogP contribution in [-0.4, -0.2) is 96.6 Å². The van der Waals surface area contributed by atoms with Gasteiger partial charge in [0, 0.05) is 31.7 Å². The smallest absolute Gasteiger partial charge is 0.308 e. The number of aliphatic hydroxyl groups is 3. The van der Waals surface area contributed by atoms with Gasteiger partial charge in [0.1, 0.15) is 43.2 Å². The van der Waals surface area contributed by atoms with E-state index in [0.717, 1.165) is 128 Å². The minimum Gasteiger partial charge on any atom is -0.514 e. The summed E-state index contributed by atoms with van der Waals surface area (Å²) >= 11 is 0. The van der Waals surface area contributed by atoms with Gasteiger partial charge in [-0.2, -0.15) is 0 Å². The van der Waals surface area contributed by atoms with Gasteiger partial charge in [-0.25, -0.2) is 0 Å². The first-order valence-corrected chi connectivity index (χ1v) is 24.3. The van der Waals surface area contributed by atoms with E-state index in [1.807, 2.05) is 13.8 Å². The molecule has 0 rings (SSSR count). The minimum absolute atomic E-state index is 0.0683. The predicted molar refractivity (Wildman–Crippen MR) is 248 cm³/mol. The average molecular weight is 897 g/mol. The first-order valence-electron chi connectivity index (χ1n) is 24.3. The van der Waals surface area contributed by atoms with Crippen LogP contribution in [-0.2, 0) is 42.9 Å². The quantitative estimate of drug-likeness (QED) is 0.0148. The van der Waals surface area contributed by atoms with Crippen molar-refractivity contribution in [2.45, 2.75) is 188 Å². The fourth-order valence-corrected chi connectivity index (χ4v) is 7.22. The second-order valence-electron chi connectivity index (χ2n) is 16.5. The molecule has 0 amide bonds. The van der Waals surface area contributed by atoms with Gasteiger partial charge in [-0.05, 0) is 70.9 Å². The van der Waals surface area contributed by atoms with E-state index in [9.17, 15) is 34.5 Å². The summed E-state index contributed by atoms with van der Waals surface area (Å²) < 4.78 is 29.0. The highest BCUT2D eigenvalue weighted by atomic mass is 16.6. The summed E-state index contributed by atoms with van der Waals surface area (Å²) in [6.07, 6.45) is 20.1. The number of carbonyl (C=O) groups is 4. The number of ether oxygens (including phenoxy) is 5. The Labute approximate surface area is 380 Å². The molecule has 5 N–H and O–H groups in total. The molecule has 4 atom stereocenters. The second-order valence-corrected chi connectivity index (χ2v) is 16.5. The Hall–Kier alpha value is -3.94. The number of esters is 3. The van der Waals surface area contributed by atoms with Crippen LogP contribution in [0.15, 0.2) is 36.0 Å². The van der Waals surface area contributed by atoms with Gasteiger partial charge >= 0.3 is 17.9 Å². The SMILES string of the molecule is CCCCCCC(CCCC)C(=O)OCCCCC(=O)OCC(COC(=CO)CCCCOC(=CO)C(CCCC)CCCCCC=O)C(OC(=O)CCN(CC)CC)C(N)=CO. The van der Waals surface area contributed by atoms with Gasteiger partial charge < -0.3 is 54.4 Å². The van der Waals surface area contributed by atoms with E-state index in [-0.39, 0.29) is 61.9 Å². The second kappa shape index (κ2) is 40.8. The first kappa shape index (κ1) is 59.1. The summed E-state index contributed by atoms with van der Waals surface area (Å²) in [4.78, 5) is 51.5. The maximum atomic E-state index is 13.0. The van der Waals surface area contributed by atoms with E-state index in [1.165, 1.54) is 0 Å². The third-order valence-corrected chi connectivity index (χ3v) is 11.3. The zero-order valence-corrected chi connectivity index (χ0v) is 39.9. The van der Waals surface area contributed by atoms with Crippen molar-refractivity contribution in [3.05, 3.63) is 36.0 Å². The van der Waals surface area contributed by atoms with E-state index in [2.05, 4.69) is 25.7 Å². The van der Waals surface area contributed by atoms with Crippen molar-refractivity contribution < 1.29 is 58.2 Å². The van der Waals surface area contributed by atoms with Crippen LogP contribution in [0, 0.1) is 17.8 Å². The Kier molecular flexibility index (Phi) is 38.3. The summed E-state index contributed by atoms with van der Waals surface area (Å²) in [5.74, 6) is -1.28. The lowest BCUT2D eigenvalue weighted by molar-refractivity contribution is -0.155. The Morgan fingerprint density at radius 1 is 0.587 bits per heavy atom. The van der Waals surface area contributed by atoms with Crippen LogP contribution in [0.4, 0.5) is 0 Å². The zero-order chi connectivity index (χ0) is 46.9. The topological polar surface area (TPSA) is 204 Å². The van der Waals surface area contributed by atoms with E-state index in [0.29, 0.717) is 63.7 Å². The molecule has 0 heterocycles. The van der Waals surface area contributed by atoms with Crippen LogP contribution < -0.4 is 5.73 Å². The van der Waals surface area contributed by atoms with Gasteiger partial charge in [-0.15, -0.1) is 0 Å². The van der Waals surface area contributed by atoms with Gasteiger partial charge in [0.25, 0.3) is 0 Å². The van der Waals surface area contributed by atoms with Crippen LogP contribution in [0.5, 0.6) is 0 Å². The number of unbranched alkanes of at least 4 members (excludes halogenated alkanes) is 10. The number of aldehydes is 1. The first-order chi connectivity index (χ1) is 30.6. The van der Waals surface area contributed by atoms with Gasteiger partial charge in [0.05, 0.1) is 43.8 Å². The molecule has 0 radical (unpaired) electrons. The molecular weight excluding hydrogens is 809 g/mol. The normalized spacial score (nSPS) is 14.2. The molecule has 4 unspecified atom stereocenters. The molecule has 0 spiro atoms. The van der Waals surface area contributed by atoms with E-state index >= 15 is 0 Å². The van der Waals surface area contributed by atoms with Gasteiger partial charge in [-0.1, -0.05) is 98.8 Å². The molecular formula is C49H88N2O12. The van der Waals surface area contributed by atoms with Crippen molar-refractivity contribution in [1.29, 1.82) is 0 Å². The summed E-state index contributed by atoms with van der Waals surface area (Å²) in [6, 6.07) is 0. The van der Waals surface area contributed by atoms with E-state index in [1.54, 1.807) is 0 Å². The van der Waals surface area contributed by atoms with Crippen LogP contribution in [0.25, 0.3) is 0 Å². The molecule has 0 aromatic rings. The standard InChI is InChI=1S/C49H88N2O12/c1-6-11-14-17-27-41(25-13-8-3)49(58)60-34-23-20-29-46(56)62-39-42(48(44(50)36-54)63-47(57)30-31-51(9-4)10-5)38-61-43(35-53)28-19-22-33-59-45(37-55)40(24-12-7-2)26-18-15-16-21-32-52/h32,35-37,40-42,48,53-55H,6-31,33-34,38-39,50H2,1-5H3. The Bertz CT molecular complexity index is 1270. The Morgan fingerprint density at radius 2 is 1.17 bits per heavy atom. The zero-order valence-electron chi connectivity index (χ0n) is 39.9. The van der Waals surface area contributed by atoms with Crippen LogP contribution in [0.1, 0.15) is 182 Å². The molecule has 0 aliphatic carbocycles. The number of rotatable bonds is 43. The number of hydrogen-bond acceptors (Lipinski definition) is 14. The van der Waals surface area contributed by atoms with Crippen molar-refractivity contribution in [2.24, 2.45) is 23.5 Å². The lowest BCUT2D eigenvalue weighted by Crippen LogP contribution is -2.38. The molecule has 0 aromatic heterocycles. The van der Waals surface area contributed by atoms with Crippen molar-refractivity contribution in [3.8, 4) is 0 Å². The number of nitrogens with two attached hydrogens (primary N) is 1. The van der Waals surface area contributed by atoms with Crippen LogP contribution in [0.2, 0.25) is 0 Å². The fraction of sp³-hybridized carbons (Fsp3) is 0.796. The highest BCUT2D eigenvalue weighted by Gasteiger charge is 2.31. The average Bonchev–Trinajstić information content (AvgIpc) is 3.29. The molecule has 63 heavy (non-hydrogen) atoms. The Balaban J connectivity index is 5.49. The third kappa shape index (κ3) is 29.9. The molecule has 14 nitrogen and oxygen atoms in total. The summed E-state index contributed by atoms with van der Waals surface area (Å²) in [6.45, 7) is 12.5. The van der Waals surface area contributed by atoms with E-state index < -0.39 is 24.0 Å². The van der Waals surface area contributed by atoms with Crippen molar-refractivity contribution in [2.75, 3.05) is 46.1 Å². The molecule has 0 saturated heterocycles. The lowest BCUT2D eigenvalue weighted by atomic mass is 9.93. The number of carbonyl (C=O) groups excluding carboxylic acids is 4. The molecule has 14 heteroatoms. The highest BCUT2D eigenvalue weighted by molar-refractivity contribution is 5.72. The van der Waals surface area contributed by atoms with Gasteiger partial charge in [-0.3, -0.25) is 14.4 Å². The van der Waals surface area contributed by atoms with Crippen molar-refractivity contribution >= 4 is 24.2 Å². The molecule has 0 aliphatic rings. The molecule has 366 valence electrons. The molecule has 0 saturated carbocycles. The summed E-state index contributed by atoms with van der Waals surface area (Å²) in [5, 5.41) is 30.0. The van der Waals surface area contributed by atoms with Crippen LogP contribution in [0.3, 0.4) is 0 Å². The molecule has 0 aliphatic heterocycles. The molecule has 0 bridgehead atoms. The van der Waals surface area contributed by atoms with Crippen LogP contribution >= 0.6 is 0 Å². The van der Waals surface area contributed by atoms with Gasteiger partial charge in [0.2, 0.25) is 0 Å². The number of allylic oxidation sites excluding steroid dienone is 2. The summed E-state index contributed by atoms with van der Waals surface area (Å²) in [5.41, 5.74) is 6.01. The number of aliphatic hydroxyl groups excluding tert-OH is 3. The number of hydrogen-bond donors (Lipinski definition) is 4. The van der Waals surface area contributed by atoms with Crippen molar-refractivity contribution in [1.82, 2.24) is 4.90 Å². The summed E-state index contributed by atoms with van der Waals surface area (Å²) in [7, 11) is 0. The van der Waals surface area contributed by atoms with Gasteiger partial charge in [0.15, 0.2) is 6.10 Å². The lowest BCUT2D eigenvalue weighted by Gasteiger charge is -2.28. The molecule has 0 aromatic carbocycles. The maximum absolute atomic E-state index is 13.0. The predicted octanol–water partition coefficient (Wildman–Crippen LogP) is 10.6. The Morgan fingerprint density at radius 3 is 1.78 bits per heavy atom. The third-order valence-electron chi connectivity index (χ3n) is 11.3. The largest absolute Gasteiger partial charge is 0.514 e. The molecule has 0 fully saturated rings. The van der Waals surface area contributed by atoms with Crippen molar-refractivity contribution in [3.63, 3.8) is 0 Å². The number of nitrogens with zero attached hydrogens (tertiary/aromatic N) is 1. The highest BCUT2D eigenvalue weighted by Crippen LogP contribution is 2.27.